The Morgan fingerprint density at radius 3 is 2.32 bits per heavy atom. The summed E-state index contributed by atoms with van der Waals surface area (Å²) in [5.41, 5.74) is 2.78. The SMILES string of the molecule is CC(C)(C)c1ccc(C2/C(=C(\O)c3ccc(Cl)c(Cl)c3)C(=O)C(=O)N2Cc2ccc3c(c2)OCO3)cc1. The Balaban J connectivity index is 1.62. The molecule has 0 bridgehead atoms. The second kappa shape index (κ2) is 9.43. The van der Waals surface area contributed by atoms with E-state index in [1.165, 1.54) is 17.0 Å². The van der Waals surface area contributed by atoms with E-state index >= 15 is 0 Å². The number of aliphatic hydroxyl groups excluding tert-OH is 1. The predicted molar refractivity (Wildman–Crippen MR) is 142 cm³/mol. The molecule has 1 amide bonds. The van der Waals surface area contributed by atoms with Crippen LogP contribution in [0.15, 0.2) is 66.2 Å². The van der Waals surface area contributed by atoms with E-state index in [2.05, 4.69) is 20.8 Å². The highest BCUT2D eigenvalue weighted by Gasteiger charge is 2.46. The molecule has 0 aromatic heterocycles. The van der Waals surface area contributed by atoms with Crippen LogP contribution in [0, 0.1) is 0 Å². The molecule has 1 atom stereocenters. The number of hydrogen-bond acceptors (Lipinski definition) is 5. The summed E-state index contributed by atoms with van der Waals surface area (Å²) < 4.78 is 10.9. The minimum absolute atomic E-state index is 0.00681. The average Bonchev–Trinajstić information content (AvgIpc) is 3.43. The highest BCUT2D eigenvalue weighted by Crippen LogP contribution is 2.42. The van der Waals surface area contributed by atoms with Gasteiger partial charge in [0.2, 0.25) is 6.79 Å². The molecule has 0 spiro atoms. The Bertz CT molecular complexity index is 1440. The molecular formula is C29H25Cl2NO5. The number of hydrogen-bond donors (Lipinski definition) is 1. The van der Waals surface area contributed by atoms with Crippen molar-refractivity contribution in [1.29, 1.82) is 0 Å². The molecule has 6 nitrogen and oxygen atoms in total. The van der Waals surface area contributed by atoms with Gasteiger partial charge in [0.25, 0.3) is 11.7 Å². The smallest absolute Gasteiger partial charge is 0.295 e. The van der Waals surface area contributed by atoms with E-state index in [1.807, 2.05) is 30.3 Å². The Hall–Kier alpha value is -3.48. The van der Waals surface area contributed by atoms with Crippen molar-refractivity contribution in [2.75, 3.05) is 6.79 Å². The van der Waals surface area contributed by atoms with Crippen LogP contribution in [0.2, 0.25) is 10.0 Å². The van der Waals surface area contributed by atoms with Crippen LogP contribution in [-0.2, 0) is 21.5 Å². The van der Waals surface area contributed by atoms with Gasteiger partial charge in [-0.15, -0.1) is 0 Å². The lowest BCUT2D eigenvalue weighted by molar-refractivity contribution is -0.140. The van der Waals surface area contributed by atoms with Crippen LogP contribution in [-0.4, -0.2) is 28.5 Å². The maximum absolute atomic E-state index is 13.4. The fourth-order valence-corrected chi connectivity index (χ4v) is 4.89. The maximum atomic E-state index is 13.4. The molecule has 1 N–H and O–H groups in total. The molecule has 5 rings (SSSR count). The molecule has 0 saturated carbocycles. The Morgan fingerprint density at radius 2 is 1.65 bits per heavy atom. The summed E-state index contributed by atoms with van der Waals surface area (Å²) >= 11 is 12.2. The first-order valence-corrected chi connectivity index (χ1v) is 12.5. The molecule has 2 heterocycles. The summed E-state index contributed by atoms with van der Waals surface area (Å²) in [5.74, 6) is -0.580. The second-order valence-corrected chi connectivity index (χ2v) is 10.9. The molecule has 37 heavy (non-hydrogen) atoms. The van der Waals surface area contributed by atoms with Gasteiger partial charge >= 0.3 is 0 Å². The van der Waals surface area contributed by atoms with Crippen LogP contribution in [0.1, 0.15) is 49.1 Å². The lowest BCUT2D eigenvalue weighted by Crippen LogP contribution is -2.29. The maximum Gasteiger partial charge on any atom is 0.295 e. The van der Waals surface area contributed by atoms with Crippen molar-refractivity contribution < 1.29 is 24.2 Å². The van der Waals surface area contributed by atoms with Crippen molar-refractivity contribution in [3.63, 3.8) is 0 Å². The Kier molecular flexibility index (Phi) is 6.42. The van der Waals surface area contributed by atoms with Crippen molar-refractivity contribution in [2.24, 2.45) is 0 Å². The molecule has 1 saturated heterocycles. The van der Waals surface area contributed by atoms with Gasteiger partial charge in [-0.1, -0.05) is 74.3 Å². The normalized spacial score (nSPS) is 18.5. The molecule has 0 radical (unpaired) electrons. The van der Waals surface area contributed by atoms with Gasteiger partial charge in [-0.05, 0) is 52.4 Å². The quantitative estimate of drug-likeness (QED) is 0.229. The molecule has 8 heteroatoms. The molecule has 3 aromatic rings. The topological polar surface area (TPSA) is 76.1 Å². The Labute approximate surface area is 225 Å². The molecule has 2 aliphatic rings. The van der Waals surface area contributed by atoms with Gasteiger partial charge in [0, 0.05) is 12.1 Å². The van der Waals surface area contributed by atoms with Crippen LogP contribution in [0.5, 0.6) is 11.5 Å². The van der Waals surface area contributed by atoms with E-state index < -0.39 is 17.7 Å². The Morgan fingerprint density at radius 1 is 0.946 bits per heavy atom. The number of aliphatic hydroxyl groups is 1. The third-order valence-electron chi connectivity index (χ3n) is 6.62. The number of halogens is 2. The minimum atomic E-state index is -0.811. The van der Waals surface area contributed by atoms with Crippen molar-refractivity contribution in [3.05, 3.63) is 98.5 Å². The molecular weight excluding hydrogens is 513 g/mol. The highest BCUT2D eigenvalue weighted by atomic mass is 35.5. The van der Waals surface area contributed by atoms with E-state index in [0.717, 1.165) is 11.1 Å². The van der Waals surface area contributed by atoms with Gasteiger partial charge in [-0.25, -0.2) is 0 Å². The van der Waals surface area contributed by atoms with Gasteiger partial charge in [0.1, 0.15) is 5.76 Å². The van der Waals surface area contributed by atoms with Crippen molar-refractivity contribution in [1.82, 2.24) is 4.90 Å². The van der Waals surface area contributed by atoms with E-state index in [0.29, 0.717) is 27.6 Å². The van der Waals surface area contributed by atoms with E-state index in [4.69, 9.17) is 32.7 Å². The summed E-state index contributed by atoms with van der Waals surface area (Å²) in [7, 11) is 0. The van der Waals surface area contributed by atoms with Crippen LogP contribution in [0.25, 0.3) is 5.76 Å². The van der Waals surface area contributed by atoms with Crippen LogP contribution in [0.3, 0.4) is 0 Å². The summed E-state index contributed by atoms with van der Waals surface area (Å²) in [6, 6.07) is 16.9. The number of carbonyl (C=O) groups is 2. The fraction of sp³-hybridized carbons (Fsp3) is 0.241. The zero-order chi connectivity index (χ0) is 26.5. The third kappa shape index (κ3) is 4.67. The number of amides is 1. The summed E-state index contributed by atoms with van der Waals surface area (Å²) in [6.45, 7) is 6.59. The van der Waals surface area contributed by atoms with Crippen molar-refractivity contribution in [2.45, 2.75) is 38.8 Å². The van der Waals surface area contributed by atoms with Crippen molar-refractivity contribution in [3.8, 4) is 11.5 Å². The summed E-state index contributed by atoms with van der Waals surface area (Å²) in [6.07, 6.45) is 0. The molecule has 1 unspecified atom stereocenters. The van der Waals surface area contributed by atoms with Crippen molar-refractivity contribution >= 4 is 40.7 Å². The number of fused-ring (bicyclic) bond motifs is 1. The molecule has 190 valence electrons. The first kappa shape index (κ1) is 25.2. The largest absolute Gasteiger partial charge is 0.507 e. The monoisotopic (exact) mass is 537 g/mol. The van der Waals surface area contributed by atoms with Gasteiger partial charge in [-0.3, -0.25) is 9.59 Å². The van der Waals surface area contributed by atoms with Crippen LogP contribution in [0.4, 0.5) is 0 Å². The average molecular weight is 538 g/mol. The van der Waals surface area contributed by atoms with Gasteiger partial charge in [0.05, 0.1) is 21.7 Å². The molecule has 2 aliphatic heterocycles. The first-order valence-electron chi connectivity index (χ1n) is 11.8. The molecule has 1 fully saturated rings. The second-order valence-electron chi connectivity index (χ2n) is 10.1. The zero-order valence-electron chi connectivity index (χ0n) is 20.5. The lowest BCUT2D eigenvalue weighted by Gasteiger charge is -2.26. The number of benzene rings is 3. The molecule has 3 aromatic carbocycles. The van der Waals surface area contributed by atoms with Crippen LogP contribution < -0.4 is 9.47 Å². The fourth-order valence-electron chi connectivity index (χ4n) is 4.59. The minimum Gasteiger partial charge on any atom is -0.507 e. The summed E-state index contributed by atoms with van der Waals surface area (Å²) in [5, 5.41) is 11.8. The highest BCUT2D eigenvalue weighted by molar-refractivity contribution is 6.46. The standard InChI is InChI=1S/C29H25Cl2NO5/c1-29(2,3)19-8-5-17(6-9-19)25-24(26(33)18-7-10-20(30)21(31)13-18)27(34)28(35)32(25)14-16-4-11-22-23(12-16)37-15-36-22/h4-13,25,33H,14-15H2,1-3H3/b26-24+. The third-order valence-corrected chi connectivity index (χ3v) is 7.35. The zero-order valence-corrected chi connectivity index (χ0v) is 22.1. The lowest BCUT2D eigenvalue weighted by atomic mass is 9.85. The first-order chi connectivity index (χ1) is 17.5. The number of ketones is 1. The number of carbonyl (C=O) groups excluding carboxylic acids is 2. The van der Waals surface area contributed by atoms with Gasteiger partial charge in [-0.2, -0.15) is 0 Å². The number of likely N-dealkylation sites (tertiary alicyclic amines) is 1. The number of nitrogens with zero attached hydrogens (tertiary/aromatic N) is 1. The van der Waals surface area contributed by atoms with Gasteiger partial charge in [0.15, 0.2) is 11.5 Å². The van der Waals surface area contributed by atoms with Crippen LogP contribution >= 0.6 is 23.2 Å². The number of ether oxygens (including phenoxy) is 2. The predicted octanol–water partition coefficient (Wildman–Crippen LogP) is 6.64. The van der Waals surface area contributed by atoms with E-state index in [1.54, 1.807) is 18.2 Å². The van der Waals surface area contributed by atoms with E-state index in [-0.39, 0.29) is 35.1 Å². The number of rotatable bonds is 4. The number of Topliss-reactive ketones (excluding diaryl/α,β-unsaturated/α-hetero) is 1. The summed E-state index contributed by atoms with van der Waals surface area (Å²) in [4.78, 5) is 28.2. The molecule has 0 aliphatic carbocycles. The van der Waals surface area contributed by atoms with E-state index in [9.17, 15) is 14.7 Å². The van der Waals surface area contributed by atoms with Gasteiger partial charge < -0.3 is 19.5 Å².